The summed E-state index contributed by atoms with van der Waals surface area (Å²) in [5.74, 6) is 0.511. The quantitative estimate of drug-likeness (QED) is 0.713. The number of carbonyl (C=O) groups is 1. The minimum atomic E-state index is -3.17. The highest BCUT2D eigenvalue weighted by Gasteiger charge is 2.33. The minimum absolute atomic E-state index is 0.000683. The van der Waals surface area contributed by atoms with Crippen LogP contribution in [0.15, 0.2) is 12.3 Å². The molecule has 0 spiro atoms. The summed E-state index contributed by atoms with van der Waals surface area (Å²) in [6.45, 7) is 2.12. The third-order valence-electron chi connectivity index (χ3n) is 5.10. The molecule has 0 unspecified atom stereocenters. The highest BCUT2D eigenvalue weighted by Crippen LogP contribution is 2.24. The van der Waals surface area contributed by atoms with Crippen LogP contribution in [0.5, 0.6) is 11.9 Å². The number of piperidine rings is 2. The molecule has 2 saturated heterocycles. The van der Waals surface area contributed by atoms with Crippen molar-refractivity contribution in [2.75, 3.05) is 39.5 Å². The van der Waals surface area contributed by atoms with E-state index >= 15 is 0 Å². The first kappa shape index (κ1) is 19.8. The number of aromatic nitrogens is 2. The Hall–Kier alpha value is -1.94. The summed E-state index contributed by atoms with van der Waals surface area (Å²) in [5, 5.41) is 0. The van der Waals surface area contributed by atoms with E-state index in [0.717, 1.165) is 12.8 Å². The molecule has 1 aromatic rings. The van der Waals surface area contributed by atoms with Gasteiger partial charge < -0.3 is 14.4 Å². The average molecular weight is 398 g/mol. The van der Waals surface area contributed by atoms with E-state index in [1.165, 1.54) is 17.7 Å². The Morgan fingerprint density at radius 2 is 1.81 bits per heavy atom. The fourth-order valence-corrected chi connectivity index (χ4v) is 4.42. The van der Waals surface area contributed by atoms with Gasteiger partial charge in [-0.3, -0.25) is 4.79 Å². The molecule has 0 atom stereocenters. The number of methoxy groups -OCH3 is 1. The van der Waals surface area contributed by atoms with Gasteiger partial charge in [-0.15, -0.1) is 0 Å². The monoisotopic (exact) mass is 398 g/mol. The van der Waals surface area contributed by atoms with Crippen molar-refractivity contribution >= 4 is 15.9 Å². The summed E-state index contributed by atoms with van der Waals surface area (Å²) in [6.07, 6.45) is 5.45. The van der Waals surface area contributed by atoms with Crippen molar-refractivity contribution in [3.8, 4) is 11.9 Å². The molecule has 3 heterocycles. The molecule has 10 heteroatoms. The highest BCUT2D eigenvalue weighted by molar-refractivity contribution is 7.88. The van der Waals surface area contributed by atoms with Crippen molar-refractivity contribution in [3.63, 3.8) is 0 Å². The number of rotatable bonds is 5. The Bertz CT molecular complexity index is 756. The third-order valence-corrected chi connectivity index (χ3v) is 6.41. The molecule has 0 radical (unpaired) electrons. The van der Waals surface area contributed by atoms with Crippen molar-refractivity contribution in [3.05, 3.63) is 12.3 Å². The molecule has 150 valence electrons. The number of hydrogen-bond acceptors (Lipinski definition) is 7. The largest absolute Gasteiger partial charge is 0.474 e. The van der Waals surface area contributed by atoms with E-state index in [9.17, 15) is 13.2 Å². The second-order valence-corrected chi connectivity index (χ2v) is 8.94. The van der Waals surface area contributed by atoms with Crippen LogP contribution in [0, 0.1) is 5.92 Å². The van der Waals surface area contributed by atoms with E-state index < -0.39 is 10.0 Å². The van der Waals surface area contributed by atoms with E-state index in [1.807, 2.05) is 4.90 Å². The standard InChI is InChI=1S/C17H26N4O5S/c1-25-17-18-8-3-15(19-17)26-14-6-9-20(10-7-14)16(22)13-4-11-21(12-5-13)27(2,23)24/h3,8,13-14H,4-7,9-12H2,1-2H3. The zero-order valence-corrected chi connectivity index (χ0v) is 16.5. The number of ether oxygens (including phenoxy) is 2. The predicted molar refractivity (Wildman–Crippen MR) is 98.0 cm³/mol. The Labute approximate surface area is 159 Å². The topological polar surface area (TPSA) is 102 Å². The summed E-state index contributed by atoms with van der Waals surface area (Å²) < 4.78 is 35.5. The van der Waals surface area contributed by atoms with Crippen LogP contribution in [-0.2, 0) is 14.8 Å². The third kappa shape index (κ3) is 5.07. The van der Waals surface area contributed by atoms with Crippen molar-refractivity contribution in [2.24, 2.45) is 5.92 Å². The van der Waals surface area contributed by atoms with Gasteiger partial charge in [0.05, 0.1) is 13.4 Å². The van der Waals surface area contributed by atoms with Crippen molar-refractivity contribution in [1.82, 2.24) is 19.2 Å². The normalized spacial score (nSPS) is 20.4. The summed E-state index contributed by atoms with van der Waals surface area (Å²) in [4.78, 5) is 22.7. The zero-order valence-electron chi connectivity index (χ0n) is 15.7. The summed E-state index contributed by atoms with van der Waals surface area (Å²) in [6, 6.07) is 1.95. The lowest BCUT2D eigenvalue weighted by Crippen LogP contribution is -2.47. The molecule has 0 N–H and O–H groups in total. The molecule has 1 amide bonds. The molecule has 0 aliphatic carbocycles. The first-order valence-electron chi connectivity index (χ1n) is 9.14. The SMILES string of the molecule is COc1nccc(OC2CCN(C(=O)C3CCN(S(C)(=O)=O)CC3)CC2)n1. The molecule has 2 fully saturated rings. The van der Waals surface area contributed by atoms with Gasteiger partial charge in [0.15, 0.2) is 0 Å². The van der Waals surface area contributed by atoms with Gasteiger partial charge in [-0.25, -0.2) is 17.7 Å². The van der Waals surface area contributed by atoms with Crippen LogP contribution >= 0.6 is 0 Å². The molecule has 0 saturated carbocycles. The van der Waals surface area contributed by atoms with Gasteiger partial charge in [-0.2, -0.15) is 4.98 Å². The summed E-state index contributed by atoms with van der Waals surface area (Å²) in [7, 11) is -1.67. The zero-order chi connectivity index (χ0) is 19.4. The smallest absolute Gasteiger partial charge is 0.319 e. The number of amides is 1. The van der Waals surface area contributed by atoms with Crippen LogP contribution in [0.4, 0.5) is 0 Å². The Balaban J connectivity index is 1.47. The molecule has 2 aliphatic rings. The molecular weight excluding hydrogens is 372 g/mol. The minimum Gasteiger partial charge on any atom is -0.474 e. The Morgan fingerprint density at radius 3 is 2.41 bits per heavy atom. The van der Waals surface area contributed by atoms with Gasteiger partial charge in [0.25, 0.3) is 0 Å². The van der Waals surface area contributed by atoms with Crippen LogP contribution in [0.3, 0.4) is 0 Å². The molecule has 0 aromatic carbocycles. The highest BCUT2D eigenvalue weighted by atomic mass is 32.2. The number of hydrogen-bond donors (Lipinski definition) is 0. The Kier molecular flexibility index (Phi) is 6.15. The van der Waals surface area contributed by atoms with E-state index in [0.29, 0.717) is 44.9 Å². The molecule has 3 rings (SSSR count). The van der Waals surface area contributed by atoms with E-state index in [-0.39, 0.29) is 23.9 Å². The maximum atomic E-state index is 12.7. The van der Waals surface area contributed by atoms with Crippen molar-refractivity contribution in [1.29, 1.82) is 0 Å². The van der Waals surface area contributed by atoms with Gasteiger partial charge in [0, 0.05) is 57.2 Å². The number of nitrogens with zero attached hydrogens (tertiary/aromatic N) is 4. The molecule has 1 aromatic heterocycles. The summed E-state index contributed by atoms with van der Waals surface area (Å²) >= 11 is 0. The lowest BCUT2D eigenvalue weighted by atomic mass is 9.95. The van der Waals surface area contributed by atoms with Crippen molar-refractivity contribution in [2.45, 2.75) is 31.8 Å². The Morgan fingerprint density at radius 1 is 1.15 bits per heavy atom. The predicted octanol–water partition coefficient (Wildman–Crippen LogP) is 0.527. The number of sulfonamides is 1. The van der Waals surface area contributed by atoms with E-state index in [4.69, 9.17) is 9.47 Å². The fraction of sp³-hybridized carbons (Fsp3) is 0.706. The molecule has 9 nitrogen and oxygen atoms in total. The lowest BCUT2D eigenvalue weighted by molar-refractivity contribution is -0.138. The first-order valence-corrected chi connectivity index (χ1v) is 11.0. The van der Waals surface area contributed by atoms with Crippen LogP contribution in [0.1, 0.15) is 25.7 Å². The van der Waals surface area contributed by atoms with Gasteiger partial charge in [0.2, 0.25) is 21.8 Å². The number of likely N-dealkylation sites (tertiary alicyclic amines) is 1. The molecule has 27 heavy (non-hydrogen) atoms. The molecule has 0 bridgehead atoms. The lowest BCUT2D eigenvalue weighted by Gasteiger charge is -2.36. The van der Waals surface area contributed by atoms with Gasteiger partial charge >= 0.3 is 6.01 Å². The van der Waals surface area contributed by atoms with Crippen molar-refractivity contribution < 1.29 is 22.7 Å². The van der Waals surface area contributed by atoms with Crippen LogP contribution in [-0.4, -0.2) is 79.1 Å². The van der Waals surface area contributed by atoms with Gasteiger partial charge in [0.1, 0.15) is 6.10 Å². The van der Waals surface area contributed by atoms with E-state index in [2.05, 4.69) is 9.97 Å². The molecule has 2 aliphatic heterocycles. The number of carbonyl (C=O) groups excluding carboxylic acids is 1. The van der Waals surface area contributed by atoms with E-state index in [1.54, 1.807) is 12.3 Å². The van der Waals surface area contributed by atoms with Crippen LogP contribution < -0.4 is 9.47 Å². The second kappa shape index (κ2) is 8.39. The first-order chi connectivity index (χ1) is 12.9. The second-order valence-electron chi connectivity index (χ2n) is 6.96. The van der Waals surface area contributed by atoms with Gasteiger partial charge in [-0.1, -0.05) is 0 Å². The molecular formula is C17H26N4O5S. The van der Waals surface area contributed by atoms with Crippen LogP contribution in [0.25, 0.3) is 0 Å². The maximum absolute atomic E-state index is 12.7. The average Bonchev–Trinajstić information content (AvgIpc) is 2.67. The maximum Gasteiger partial charge on any atom is 0.319 e. The fourth-order valence-electron chi connectivity index (χ4n) is 3.55. The summed E-state index contributed by atoms with van der Waals surface area (Å²) in [5.41, 5.74) is 0. The van der Waals surface area contributed by atoms with Gasteiger partial charge in [-0.05, 0) is 12.8 Å². The van der Waals surface area contributed by atoms with Crippen LogP contribution in [0.2, 0.25) is 0 Å².